The summed E-state index contributed by atoms with van der Waals surface area (Å²) in [6.07, 6.45) is 0.849. The van der Waals surface area contributed by atoms with Crippen molar-refractivity contribution in [1.82, 2.24) is 4.98 Å². The van der Waals surface area contributed by atoms with E-state index in [4.69, 9.17) is 4.74 Å². The Morgan fingerprint density at radius 3 is 2.50 bits per heavy atom. The molecule has 0 unspecified atom stereocenters. The summed E-state index contributed by atoms with van der Waals surface area (Å²) in [7, 11) is 0. The standard InChI is InChI=1S/C15H20N2O4S/c1-15(2,3)9-6-22-14(16-9)17-12(18)10-7-4-5-8(21-7)11(10)13(19)20/h6-8,10-11H,4-5H2,1-3H3,(H,19,20)(H,16,17,18)/t7-,8-,10-,11-/m0/s1. The Morgan fingerprint density at radius 1 is 1.32 bits per heavy atom. The minimum atomic E-state index is -0.957. The van der Waals surface area contributed by atoms with Crippen molar-refractivity contribution in [3.8, 4) is 0 Å². The van der Waals surface area contributed by atoms with Crippen LogP contribution in [0.15, 0.2) is 5.38 Å². The topological polar surface area (TPSA) is 88.5 Å². The number of carboxylic acid groups (broad SMARTS) is 1. The highest BCUT2D eigenvalue weighted by Gasteiger charge is 2.55. The molecule has 2 bridgehead atoms. The van der Waals surface area contributed by atoms with Crippen LogP contribution in [0.25, 0.3) is 0 Å². The summed E-state index contributed by atoms with van der Waals surface area (Å²) in [6.45, 7) is 6.16. The predicted molar refractivity (Wildman–Crippen MR) is 82.0 cm³/mol. The van der Waals surface area contributed by atoms with Crippen LogP contribution >= 0.6 is 11.3 Å². The molecule has 2 aliphatic rings. The number of hydrogen-bond donors (Lipinski definition) is 2. The lowest BCUT2D eigenvalue weighted by molar-refractivity contribution is -0.147. The van der Waals surface area contributed by atoms with Gasteiger partial charge in [-0.15, -0.1) is 11.3 Å². The van der Waals surface area contributed by atoms with Crippen LogP contribution < -0.4 is 5.32 Å². The third kappa shape index (κ3) is 2.63. The molecule has 3 rings (SSSR count). The first-order chi connectivity index (χ1) is 10.3. The molecule has 6 nitrogen and oxygen atoms in total. The van der Waals surface area contributed by atoms with Gasteiger partial charge < -0.3 is 15.2 Å². The van der Waals surface area contributed by atoms with Gasteiger partial charge in [-0.1, -0.05) is 20.8 Å². The minimum absolute atomic E-state index is 0.0847. The molecule has 0 radical (unpaired) electrons. The van der Waals surface area contributed by atoms with E-state index in [9.17, 15) is 14.7 Å². The average Bonchev–Trinajstić information content (AvgIpc) is 3.11. The molecule has 120 valence electrons. The summed E-state index contributed by atoms with van der Waals surface area (Å²) in [6, 6.07) is 0. The maximum Gasteiger partial charge on any atom is 0.310 e. The van der Waals surface area contributed by atoms with Gasteiger partial charge in [0, 0.05) is 10.8 Å². The number of aromatic nitrogens is 1. The maximum absolute atomic E-state index is 12.5. The van der Waals surface area contributed by atoms with Crippen molar-refractivity contribution in [2.45, 2.75) is 51.2 Å². The average molecular weight is 324 g/mol. The first-order valence-corrected chi connectivity index (χ1v) is 8.30. The van der Waals surface area contributed by atoms with Crippen LogP contribution in [0, 0.1) is 11.8 Å². The van der Waals surface area contributed by atoms with Crippen LogP contribution in [-0.2, 0) is 19.7 Å². The lowest BCUT2D eigenvalue weighted by Crippen LogP contribution is -2.40. The molecule has 2 aliphatic heterocycles. The fraction of sp³-hybridized carbons (Fsp3) is 0.667. The van der Waals surface area contributed by atoms with E-state index in [-0.39, 0.29) is 23.5 Å². The Balaban J connectivity index is 1.74. The number of rotatable bonds is 3. The van der Waals surface area contributed by atoms with Crippen molar-refractivity contribution in [3.63, 3.8) is 0 Å². The van der Waals surface area contributed by atoms with Crippen molar-refractivity contribution >= 4 is 28.3 Å². The SMILES string of the molecule is CC(C)(C)c1csc(NC(=O)[C@@H]2[C@@H](C(=O)O)[C@@H]3CC[C@@H]2O3)n1. The first kappa shape index (κ1) is 15.4. The van der Waals surface area contributed by atoms with Crippen molar-refractivity contribution in [3.05, 3.63) is 11.1 Å². The number of thiazole rings is 1. The molecule has 7 heteroatoms. The van der Waals surface area contributed by atoms with E-state index < -0.39 is 17.8 Å². The second-order valence-electron chi connectivity index (χ2n) is 6.96. The number of nitrogens with one attached hydrogen (secondary N) is 1. The third-order valence-corrected chi connectivity index (χ3v) is 5.12. The molecular weight excluding hydrogens is 304 g/mol. The van der Waals surface area contributed by atoms with Crippen LogP contribution in [0.4, 0.5) is 5.13 Å². The normalized spacial score (nSPS) is 30.5. The largest absolute Gasteiger partial charge is 0.481 e. The molecular formula is C15H20N2O4S. The van der Waals surface area contributed by atoms with Gasteiger partial charge in [0.25, 0.3) is 0 Å². The van der Waals surface area contributed by atoms with Gasteiger partial charge in [-0.05, 0) is 12.8 Å². The van der Waals surface area contributed by atoms with Crippen molar-refractivity contribution in [1.29, 1.82) is 0 Å². The van der Waals surface area contributed by atoms with Gasteiger partial charge >= 0.3 is 5.97 Å². The van der Waals surface area contributed by atoms with Gasteiger partial charge in [-0.25, -0.2) is 4.98 Å². The Bertz CT molecular complexity index is 607. The van der Waals surface area contributed by atoms with Crippen LogP contribution in [0.2, 0.25) is 0 Å². The number of anilines is 1. The fourth-order valence-electron chi connectivity index (χ4n) is 3.19. The van der Waals surface area contributed by atoms with Gasteiger partial charge in [0.1, 0.15) is 0 Å². The molecule has 22 heavy (non-hydrogen) atoms. The number of aliphatic carboxylic acids is 1. The van der Waals surface area contributed by atoms with E-state index in [0.29, 0.717) is 5.13 Å². The molecule has 2 fully saturated rings. The van der Waals surface area contributed by atoms with E-state index in [1.54, 1.807) is 0 Å². The number of carbonyl (C=O) groups is 2. The Hall–Kier alpha value is -1.47. The van der Waals surface area contributed by atoms with E-state index in [1.165, 1.54) is 11.3 Å². The van der Waals surface area contributed by atoms with Gasteiger partial charge in [0.05, 0.1) is 29.7 Å². The number of fused-ring (bicyclic) bond motifs is 2. The summed E-state index contributed by atoms with van der Waals surface area (Å²) in [5, 5.41) is 14.6. The molecule has 1 aromatic rings. The molecule has 2 N–H and O–H groups in total. The van der Waals surface area contributed by atoms with Gasteiger partial charge in [0.2, 0.25) is 5.91 Å². The van der Waals surface area contributed by atoms with Crippen LogP contribution in [0.1, 0.15) is 39.3 Å². The number of nitrogens with zero attached hydrogens (tertiary/aromatic N) is 1. The molecule has 0 aliphatic carbocycles. The zero-order valence-corrected chi connectivity index (χ0v) is 13.6. The number of hydrogen-bond acceptors (Lipinski definition) is 5. The Kier molecular flexibility index (Phi) is 3.72. The number of carbonyl (C=O) groups excluding carboxylic acids is 1. The summed E-state index contributed by atoms with van der Waals surface area (Å²) in [4.78, 5) is 28.3. The van der Waals surface area contributed by atoms with Crippen molar-refractivity contribution in [2.75, 3.05) is 5.32 Å². The molecule has 0 aromatic carbocycles. The second kappa shape index (κ2) is 5.31. The van der Waals surface area contributed by atoms with Gasteiger partial charge in [0.15, 0.2) is 5.13 Å². The van der Waals surface area contributed by atoms with E-state index >= 15 is 0 Å². The summed E-state index contributed by atoms with van der Waals surface area (Å²) >= 11 is 1.36. The lowest BCUT2D eigenvalue weighted by atomic mass is 9.79. The second-order valence-corrected chi connectivity index (χ2v) is 7.82. The highest BCUT2D eigenvalue weighted by Crippen LogP contribution is 2.44. The summed E-state index contributed by atoms with van der Waals surface area (Å²) in [5.74, 6) is -2.63. The maximum atomic E-state index is 12.5. The highest BCUT2D eigenvalue weighted by molar-refractivity contribution is 7.13. The first-order valence-electron chi connectivity index (χ1n) is 7.42. The van der Waals surface area contributed by atoms with E-state index in [1.807, 2.05) is 5.38 Å². The molecule has 0 saturated carbocycles. The quantitative estimate of drug-likeness (QED) is 0.890. The molecule has 1 amide bonds. The number of ether oxygens (including phenoxy) is 1. The molecule has 2 saturated heterocycles. The number of amides is 1. The third-order valence-electron chi connectivity index (χ3n) is 4.36. The van der Waals surface area contributed by atoms with Gasteiger partial charge in [-0.2, -0.15) is 0 Å². The van der Waals surface area contributed by atoms with Crippen LogP contribution in [-0.4, -0.2) is 34.2 Å². The molecule has 0 spiro atoms. The smallest absolute Gasteiger partial charge is 0.310 e. The van der Waals surface area contributed by atoms with E-state index in [2.05, 4.69) is 31.1 Å². The van der Waals surface area contributed by atoms with Crippen LogP contribution in [0.5, 0.6) is 0 Å². The van der Waals surface area contributed by atoms with Crippen molar-refractivity contribution < 1.29 is 19.4 Å². The lowest BCUT2D eigenvalue weighted by Gasteiger charge is -2.23. The molecule has 1 aromatic heterocycles. The predicted octanol–water partition coefficient (Wildman–Crippen LogP) is 2.26. The monoisotopic (exact) mass is 324 g/mol. The zero-order valence-electron chi connectivity index (χ0n) is 12.8. The fourth-order valence-corrected chi connectivity index (χ4v) is 4.13. The van der Waals surface area contributed by atoms with E-state index in [0.717, 1.165) is 18.5 Å². The summed E-state index contributed by atoms with van der Waals surface area (Å²) in [5.41, 5.74) is 0.824. The van der Waals surface area contributed by atoms with Gasteiger partial charge in [-0.3, -0.25) is 9.59 Å². The Labute approximate surface area is 132 Å². The zero-order chi connectivity index (χ0) is 16.1. The molecule has 3 heterocycles. The van der Waals surface area contributed by atoms with Crippen molar-refractivity contribution in [2.24, 2.45) is 11.8 Å². The summed E-state index contributed by atoms with van der Waals surface area (Å²) < 4.78 is 5.62. The number of carboxylic acids is 1. The molecule has 4 atom stereocenters. The van der Waals surface area contributed by atoms with Crippen LogP contribution in [0.3, 0.4) is 0 Å². The Morgan fingerprint density at radius 2 is 1.95 bits per heavy atom. The highest BCUT2D eigenvalue weighted by atomic mass is 32.1. The minimum Gasteiger partial charge on any atom is -0.481 e.